The third-order valence-corrected chi connectivity index (χ3v) is 3.19. The summed E-state index contributed by atoms with van der Waals surface area (Å²) in [5, 5.41) is 3.92. The Balaban J connectivity index is 2.81. The SMILES string of the molecule is COc1cc(F)c(Cl)c(-c2cnn(C)c2N)c1OC. The van der Waals surface area contributed by atoms with E-state index in [-0.39, 0.29) is 10.8 Å². The largest absolute Gasteiger partial charge is 0.493 e. The van der Waals surface area contributed by atoms with Gasteiger partial charge >= 0.3 is 0 Å². The number of aryl methyl sites for hydroxylation is 1. The Morgan fingerprint density at radius 1 is 1.37 bits per heavy atom. The number of aromatic nitrogens is 2. The van der Waals surface area contributed by atoms with E-state index < -0.39 is 5.82 Å². The van der Waals surface area contributed by atoms with Gasteiger partial charge in [0.15, 0.2) is 11.5 Å². The minimum absolute atomic E-state index is 0.0858. The van der Waals surface area contributed by atoms with Gasteiger partial charge in [-0.1, -0.05) is 11.6 Å². The first-order valence-electron chi connectivity index (χ1n) is 5.39. The molecule has 0 aliphatic heterocycles. The Morgan fingerprint density at radius 3 is 2.53 bits per heavy atom. The lowest BCUT2D eigenvalue weighted by molar-refractivity contribution is 0.353. The van der Waals surface area contributed by atoms with Crippen molar-refractivity contribution in [1.82, 2.24) is 9.78 Å². The molecular formula is C12H13ClFN3O2. The second-order valence-corrected chi connectivity index (χ2v) is 4.23. The molecular weight excluding hydrogens is 273 g/mol. The second-order valence-electron chi connectivity index (χ2n) is 3.85. The fraction of sp³-hybridized carbons (Fsp3) is 0.250. The summed E-state index contributed by atoms with van der Waals surface area (Å²) >= 11 is 6.02. The van der Waals surface area contributed by atoms with Crippen LogP contribution in [0.15, 0.2) is 12.3 Å². The molecule has 5 nitrogen and oxygen atoms in total. The predicted molar refractivity (Wildman–Crippen MR) is 71.1 cm³/mol. The van der Waals surface area contributed by atoms with Gasteiger partial charge in [-0.3, -0.25) is 4.68 Å². The van der Waals surface area contributed by atoms with Gasteiger partial charge in [0.05, 0.1) is 31.0 Å². The van der Waals surface area contributed by atoms with Gasteiger partial charge in [0.25, 0.3) is 0 Å². The number of halogens is 2. The van der Waals surface area contributed by atoms with Gasteiger partial charge in [0.2, 0.25) is 0 Å². The number of nitrogen functional groups attached to an aromatic ring is 1. The van der Waals surface area contributed by atoms with Crippen molar-refractivity contribution in [2.45, 2.75) is 0 Å². The van der Waals surface area contributed by atoms with E-state index in [1.165, 1.54) is 25.1 Å². The lowest BCUT2D eigenvalue weighted by Gasteiger charge is -2.14. The first-order chi connectivity index (χ1) is 9.01. The average molecular weight is 286 g/mol. The highest BCUT2D eigenvalue weighted by molar-refractivity contribution is 6.34. The zero-order valence-corrected chi connectivity index (χ0v) is 11.5. The molecule has 7 heteroatoms. The first-order valence-corrected chi connectivity index (χ1v) is 5.76. The van der Waals surface area contributed by atoms with Crippen LogP contribution >= 0.6 is 11.6 Å². The van der Waals surface area contributed by atoms with Crippen molar-refractivity contribution in [1.29, 1.82) is 0 Å². The monoisotopic (exact) mass is 285 g/mol. The maximum atomic E-state index is 13.8. The van der Waals surface area contributed by atoms with Crippen LogP contribution in [-0.4, -0.2) is 24.0 Å². The second kappa shape index (κ2) is 4.97. The van der Waals surface area contributed by atoms with Gasteiger partial charge in [-0.15, -0.1) is 0 Å². The van der Waals surface area contributed by atoms with Crippen molar-refractivity contribution in [2.24, 2.45) is 7.05 Å². The van der Waals surface area contributed by atoms with Crippen LogP contribution in [0.3, 0.4) is 0 Å². The van der Waals surface area contributed by atoms with Crippen LogP contribution in [0.1, 0.15) is 0 Å². The lowest BCUT2D eigenvalue weighted by Crippen LogP contribution is -2.00. The standard InChI is InChI=1S/C12H13ClFN3O2/c1-17-12(15)6(5-16-17)9-10(13)7(14)4-8(18-2)11(9)19-3/h4-5H,15H2,1-3H3. The van der Waals surface area contributed by atoms with Crippen molar-refractivity contribution < 1.29 is 13.9 Å². The van der Waals surface area contributed by atoms with Crippen molar-refractivity contribution in [3.63, 3.8) is 0 Å². The zero-order chi connectivity index (χ0) is 14.2. The van der Waals surface area contributed by atoms with E-state index in [9.17, 15) is 4.39 Å². The minimum Gasteiger partial charge on any atom is -0.493 e. The number of hydrogen-bond acceptors (Lipinski definition) is 4. The molecule has 0 radical (unpaired) electrons. The number of anilines is 1. The molecule has 2 N–H and O–H groups in total. The number of ether oxygens (including phenoxy) is 2. The summed E-state index contributed by atoms with van der Waals surface area (Å²) < 4.78 is 25.6. The van der Waals surface area contributed by atoms with Gasteiger partial charge in [-0.05, 0) is 0 Å². The number of nitrogens with zero attached hydrogens (tertiary/aromatic N) is 2. The Morgan fingerprint density at radius 2 is 2.05 bits per heavy atom. The van der Waals surface area contributed by atoms with Crippen LogP contribution in [0.2, 0.25) is 5.02 Å². The maximum Gasteiger partial charge on any atom is 0.170 e. The van der Waals surface area contributed by atoms with Crippen molar-refractivity contribution in [3.05, 3.63) is 23.1 Å². The number of rotatable bonds is 3. The molecule has 0 aliphatic rings. The molecule has 0 fully saturated rings. The van der Waals surface area contributed by atoms with Crippen LogP contribution in [0.25, 0.3) is 11.1 Å². The molecule has 1 heterocycles. The number of benzene rings is 1. The Hall–Kier alpha value is -1.95. The minimum atomic E-state index is -0.613. The molecule has 0 unspecified atom stereocenters. The van der Waals surface area contributed by atoms with Crippen molar-refractivity contribution in [2.75, 3.05) is 20.0 Å². The molecule has 0 saturated carbocycles. The number of nitrogens with two attached hydrogens (primary N) is 1. The van der Waals surface area contributed by atoms with E-state index in [0.29, 0.717) is 22.7 Å². The molecule has 0 spiro atoms. The van der Waals surface area contributed by atoms with E-state index in [1.807, 2.05) is 0 Å². The molecule has 0 atom stereocenters. The normalized spacial score (nSPS) is 10.6. The van der Waals surface area contributed by atoms with Crippen LogP contribution in [0.4, 0.5) is 10.2 Å². The highest BCUT2D eigenvalue weighted by Crippen LogP contribution is 2.45. The van der Waals surface area contributed by atoms with Crippen LogP contribution in [0, 0.1) is 5.82 Å². The van der Waals surface area contributed by atoms with Gasteiger partial charge in [-0.2, -0.15) is 5.10 Å². The van der Waals surface area contributed by atoms with Gasteiger partial charge in [0.1, 0.15) is 11.6 Å². The van der Waals surface area contributed by atoms with E-state index in [4.69, 9.17) is 26.8 Å². The maximum absolute atomic E-state index is 13.8. The summed E-state index contributed by atoms with van der Waals surface area (Å²) in [7, 11) is 4.54. The predicted octanol–water partition coefficient (Wildman–Crippen LogP) is 2.48. The summed E-state index contributed by atoms with van der Waals surface area (Å²) in [5.41, 5.74) is 6.71. The summed E-state index contributed by atoms with van der Waals surface area (Å²) in [5.74, 6) is 0.293. The molecule has 1 aromatic carbocycles. The summed E-state index contributed by atoms with van der Waals surface area (Å²) in [6.07, 6.45) is 1.50. The Kier molecular flexibility index (Phi) is 3.53. The van der Waals surface area contributed by atoms with E-state index in [2.05, 4.69) is 5.10 Å². The molecule has 2 rings (SSSR count). The lowest BCUT2D eigenvalue weighted by atomic mass is 10.1. The molecule has 0 aliphatic carbocycles. The summed E-state index contributed by atoms with van der Waals surface area (Å²) in [4.78, 5) is 0. The van der Waals surface area contributed by atoms with Crippen molar-refractivity contribution >= 4 is 17.4 Å². The molecule has 0 amide bonds. The van der Waals surface area contributed by atoms with Crippen LogP contribution < -0.4 is 15.2 Å². The highest BCUT2D eigenvalue weighted by Gasteiger charge is 2.23. The molecule has 2 aromatic rings. The molecule has 1 aromatic heterocycles. The summed E-state index contributed by atoms with van der Waals surface area (Å²) in [6, 6.07) is 1.16. The molecule has 102 valence electrons. The quantitative estimate of drug-likeness (QED) is 0.941. The van der Waals surface area contributed by atoms with Gasteiger partial charge in [-0.25, -0.2) is 4.39 Å². The van der Waals surface area contributed by atoms with Gasteiger partial charge < -0.3 is 15.2 Å². The average Bonchev–Trinajstić information content (AvgIpc) is 2.72. The highest BCUT2D eigenvalue weighted by atomic mass is 35.5. The third kappa shape index (κ3) is 2.08. The molecule has 0 saturated heterocycles. The smallest absolute Gasteiger partial charge is 0.170 e. The van der Waals surface area contributed by atoms with Crippen molar-refractivity contribution in [3.8, 4) is 22.6 Å². The molecule has 0 bridgehead atoms. The van der Waals surface area contributed by atoms with E-state index in [1.54, 1.807) is 7.05 Å². The molecule has 19 heavy (non-hydrogen) atoms. The fourth-order valence-corrected chi connectivity index (χ4v) is 2.06. The topological polar surface area (TPSA) is 62.3 Å². The number of methoxy groups -OCH3 is 2. The Bertz CT molecular complexity index is 628. The number of hydrogen-bond donors (Lipinski definition) is 1. The van der Waals surface area contributed by atoms with Crippen LogP contribution in [-0.2, 0) is 7.05 Å². The first kappa shape index (κ1) is 13.5. The van der Waals surface area contributed by atoms with E-state index in [0.717, 1.165) is 6.07 Å². The Labute approximate surface area is 114 Å². The fourth-order valence-electron chi connectivity index (χ4n) is 1.82. The van der Waals surface area contributed by atoms with E-state index >= 15 is 0 Å². The van der Waals surface area contributed by atoms with Crippen LogP contribution in [0.5, 0.6) is 11.5 Å². The summed E-state index contributed by atoms with van der Waals surface area (Å²) in [6.45, 7) is 0. The zero-order valence-electron chi connectivity index (χ0n) is 10.7. The van der Waals surface area contributed by atoms with Gasteiger partial charge in [0, 0.05) is 18.7 Å². The third-order valence-electron chi connectivity index (χ3n) is 2.82.